The molecule has 0 amide bonds. The average molecular weight is 359 g/mol. The molecule has 0 aliphatic carbocycles. The minimum absolute atomic E-state index is 0.0461. The van der Waals surface area contributed by atoms with Gasteiger partial charge in [0.15, 0.2) is 0 Å². The van der Waals surface area contributed by atoms with Crippen LogP contribution < -0.4 is 5.32 Å². The summed E-state index contributed by atoms with van der Waals surface area (Å²) in [6, 6.07) is 13.1. The second kappa shape index (κ2) is 6.77. The topological polar surface area (TPSA) is 33.6 Å². The molecule has 1 spiro atoms. The number of hydrogen-bond acceptors (Lipinski definition) is 2. The third kappa shape index (κ3) is 3.29. The van der Waals surface area contributed by atoms with Gasteiger partial charge in [-0.05, 0) is 43.0 Å². The van der Waals surface area contributed by atoms with Crippen molar-refractivity contribution in [2.75, 3.05) is 18.5 Å². The van der Waals surface area contributed by atoms with Crippen molar-refractivity contribution < 1.29 is 9.13 Å². The Hall–Kier alpha value is -1.91. The van der Waals surface area contributed by atoms with E-state index in [1.807, 2.05) is 6.07 Å². The van der Waals surface area contributed by atoms with Crippen LogP contribution >= 0.6 is 11.6 Å². The zero-order valence-electron chi connectivity index (χ0n) is 13.9. The molecular weight excluding hydrogens is 339 g/mol. The lowest BCUT2D eigenvalue weighted by molar-refractivity contribution is 0.0448. The van der Waals surface area contributed by atoms with Gasteiger partial charge in [0, 0.05) is 34.9 Å². The summed E-state index contributed by atoms with van der Waals surface area (Å²) in [7, 11) is 0. The van der Waals surface area contributed by atoms with E-state index in [-0.39, 0.29) is 11.2 Å². The number of aliphatic imine (C=N–C) groups is 1. The molecule has 2 heterocycles. The summed E-state index contributed by atoms with van der Waals surface area (Å²) in [5.41, 5.74) is 2.91. The van der Waals surface area contributed by atoms with Gasteiger partial charge >= 0.3 is 0 Å². The SMILES string of the molecule is Fc1cc(Cl)ccc1CN=C1Nc2ccccc2CC12CCOCC2. The normalized spacial score (nSPS) is 20.3. The van der Waals surface area contributed by atoms with E-state index in [2.05, 4.69) is 23.5 Å². The van der Waals surface area contributed by atoms with E-state index in [9.17, 15) is 4.39 Å². The van der Waals surface area contributed by atoms with Crippen molar-refractivity contribution in [3.05, 3.63) is 64.4 Å². The van der Waals surface area contributed by atoms with Gasteiger partial charge < -0.3 is 10.1 Å². The molecule has 0 radical (unpaired) electrons. The third-order valence-electron chi connectivity index (χ3n) is 5.17. The number of fused-ring (bicyclic) bond motifs is 1. The summed E-state index contributed by atoms with van der Waals surface area (Å²) in [4.78, 5) is 4.79. The van der Waals surface area contributed by atoms with Gasteiger partial charge in [-0.2, -0.15) is 0 Å². The van der Waals surface area contributed by atoms with Crippen LogP contribution in [0.15, 0.2) is 47.5 Å². The van der Waals surface area contributed by atoms with Crippen molar-refractivity contribution in [3.63, 3.8) is 0 Å². The average Bonchev–Trinajstić information content (AvgIpc) is 2.62. The van der Waals surface area contributed by atoms with Crippen molar-refractivity contribution in [1.29, 1.82) is 0 Å². The van der Waals surface area contributed by atoms with E-state index in [0.717, 1.165) is 44.0 Å². The fraction of sp³-hybridized carbons (Fsp3) is 0.350. The molecule has 0 atom stereocenters. The molecule has 5 heteroatoms. The smallest absolute Gasteiger partial charge is 0.129 e. The zero-order chi connectivity index (χ0) is 17.3. The Morgan fingerprint density at radius 2 is 1.96 bits per heavy atom. The molecule has 3 nitrogen and oxygen atoms in total. The number of nitrogens with one attached hydrogen (secondary N) is 1. The van der Waals surface area contributed by atoms with Crippen LogP contribution in [0.25, 0.3) is 0 Å². The van der Waals surface area contributed by atoms with E-state index in [1.165, 1.54) is 11.6 Å². The highest BCUT2D eigenvalue weighted by atomic mass is 35.5. The zero-order valence-corrected chi connectivity index (χ0v) is 14.7. The molecule has 2 aliphatic rings. The minimum Gasteiger partial charge on any atom is -0.381 e. The number of para-hydroxylation sites is 1. The predicted molar refractivity (Wildman–Crippen MR) is 98.8 cm³/mol. The summed E-state index contributed by atoms with van der Waals surface area (Å²) in [5.74, 6) is 0.637. The summed E-state index contributed by atoms with van der Waals surface area (Å²) >= 11 is 5.84. The molecule has 2 aromatic rings. The lowest BCUT2D eigenvalue weighted by Gasteiger charge is -2.42. The lowest BCUT2D eigenvalue weighted by Crippen LogP contribution is -2.45. The Kier molecular flexibility index (Phi) is 4.48. The molecular formula is C20H20ClFN2O. The van der Waals surface area contributed by atoms with Crippen LogP contribution in [0.1, 0.15) is 24.0 Å². The van der Waals surface area contributed by atoms with Crippen LogP contribution in [0.3, 0.4) is 0 Å². The summed E-state index contributed by atoms with van der Waals surface area (Å²) in [6.07, 6.45) is 2.80. The van der Waals surface area contributed by atoms with Gasteiger partial charge in [0.1, 0.15) is 11.7 Å². The van der Waals surface area contributed by atoms with Crippen LogP contribution in [0.5, 0.6) is 0 Å². The number of benzene rings is 2. The molecule has 2 aliphatic heterocycles. The van der Waals surface area contributed by atoms with Gasteiger partial charge in [-0.3, -0.25) is 4.99 Å². The fourth-order valence-corrected chi connectivity index (χ4v) is 3.86. The summed E-state index contributed by atoms with van der Waals surface area (Å²) < 4.78 is 19.7. The quantitative estimate of drug-likeness (QED) is 0.833. The standard InChI is InChI=1S/C20H20ClFN2O/c21-16-6-5-15(17(22)11-16)13-23-19-20(7-9-25-10-8-20)12-14-3-1-2-4-18(14)24-19/h1-6,11H,7-10,12-13H2,(H,23,24). The Morgan fingerprint density at radius 1 is 1.16 bits per heavy atom. The molecule has 1 saturated heterocycles. The molecule has 0 saturated carbocycles. The van der Waals surface area contributed by atoms with Gasteiger partial charge in [-0.25, -0.2) is 4.39 Å². The van der Waals surface area contributed by atoms with Gasteiger partial charge in [0.25, 0.3) is 0 Å². The summed E-state index contributed by atoms with van der Waals surface area (Å²) in [5, 5.41) is 3.91. The van der Waals surface area contributed by atoms with Crippen LogP contribution in [0, 0.1) is 11.2 Å². The Bertz CT molecular complexity index is 815. The van der Waals surface area contributed by atoms with Crippen LogP contribution in [0.2, 0.25) is 5.02 Å². The second-order valence-corrected chi connectivity index (χ2v) is 7.19. The van der Waals surface area contributed by atoms with Crippen LogP contribution in [0.4, 0.5) is 10.1 Å². The Balaban J connectivity index is 1.67. The van der Waals surface area contributed by atoms with Crippen molar-refractivity contribution in [2.24, 2.45) is 10.4 Å². The first-order chi connectivity index (χ1) is 12.2. The fourth-order valence-electron chi connectivity index (χ4n) is 3.70. The maximum atomic E-state index is 14.1. The van der Waals surface area contributed by atoms with E-state index in [1.54, 1.807) is 12.1 Å². The van der Waals surface area contributed by atoms with Gasteiger partial charge in [-0.15, -0.1) is 0 Å². The maximum Gasteiger partial charge on any atom is 0.129 e. The number of rotatable bonds is 2. The molecule has 0 unspecified atom stereocenters. The molecule has 2 aromatic carbocycles. The maximum absolute atomic E-state index is 14.1. The second-order valence-electron chi connectivity index (χ2n) is 6.75. The lowest BCUT2D eigenvalue weighted by atomic mass is 9.71. The van der Waals surface area contributed by atoms with Gasteiger partial charge in [0.05, 0.1) is 6.54 Å². The Morgan fingerprint density at radius 3 is 2.76 bits per heavy atom. The van der Waals surface area contributed by atoms with E-state index in [4.69, 9.17) is 21.3 Å². The van der Waals surface area contributed by atoms with Crippen molar-refractivity contribution >= 4 is 23.1 Å². The molecule has 1 fully saturated rings. The van der Waals surface area contributed by atoms with Crippen LogP contribution in [-0.4, -0.2) is 19.0 Å². The highest BCUT2D eigenvalue weighted by molar-refractivity contribution is 6.30. The molecule has 4 rings (SSSR count). The molecule has 0 aromatic heterocycles. The first-order valence-corrected chi connectivity index (χ1v) is 8.96. The van der Waals surface area contributed by atoms with E-state index in [0.29, 0.717) is 17.1 Å². The predicted octanol–water partition coefficient (Wildman–Crippen LogP) is 4.84. The van der Waals surface area contributed by atoms with Crippen LogP contribution in [-0.2, 0) is 17.7 Å². The Labute approximate surface area is 151 Å². The van der Waals surface area contributed by atoms with Crippen molar-refractivity contribution in [3.8, 4) is 0 Å². The number of halogens is 2. The number of amidine groups is 1. The summed E-state index contributed by atoms with van der Waals surface area (Å²) in [6.45, 7) is 1.77. The van der Waals surface area contributed by atoms with E-state index < -0.39 is 0 Å². The van der Waals surface area contributed by atoms with Gasteiger partial charge in [-0.1, -0.05) is 35.9 Å². The minimum atomic E-state index is -0.311. The number of ether oxygens (including phenoxy) is 1. The largest absolute Gasteiger partial charge is 0.381 e. The highest BCUT2D eigenvalue weighted by Crippen LogP contribution is 2.41. The molecule has 0 bridgehead atoms. The monoisotopic (exact) mass is 358 g/mol. The third-order valence-corrected chi connectivity index (χ3v) is 5.41. The van der Waals surface area contributed by atoms with Crippen molar-refractivity contribution in [1.82, 2.24) is 0 Å². The van der Waals surface area contributed by atoms with Crippen molar-refractivity contribution in [2.45, 2.75) is 25.8 Å². The number of nitrogens with zero attached hydrogens (tertiary/aromatic N) is 1. The first kappa shape index (κ1) is 16.6. The highest BCUT2D eigenvalue weighted by Gasteiger charge is 2.41. The molecule has 1 N–H and O–H groups in total. The number of anilines is 1. The van der Waals surface area contributed by atoms with E-state index >= 15 is 0 Å². The molecule has 25 heavy (non-hydrogen) atoms. The molecule has 130 valence electrons. The number of hydrogen-bond donors (Lipinski definition) is 1. The first-order valence-electron chi connectivity index (χ1n) is 8.58. The van der Waals surface area contributed by atoms with Gasteiger partial charge in [0.2, 0.25) is 0 Å².